The summed E-state index contributed by atoms with van der Waals surface area (Å²) >= 11 is 1.42. The van der Waals surface area contributed by atoms with Gasteiger partial charge in [0.1, 0.15) is 0 Å². The van der Waals surface area contributed by atoms with Gasteiger partial charge in [0.15, 0.2) is 0 Å². The summed E-state index contributed by atoms with van der Waals surface area (Å²) in [6, 6.07) is 0.318. The molecule has 0 saturated carbocycles. The van der Waals surface area contributed by atoms with Gasteiger partial charge in [-0.25, -0.2) is 0 Å². The van der Waals surface area contributed by atoms with Gasteiger partial charge in [-0.15, -0.1) is 5.10 Å². The van der Waals surface area contributed by atoms with Crippen LogP contribution in [0.1, 0.15) is 17.8 Å². The molecule has 62 valence electrons. The van der Waals surface area contributed by atoms with Crippen LogP contribution in [0.3, 0.4) is 0 Å². The summed E-state index contributed by atoms with van der Waals surface area (Å²) in [6.07, 6.45) is 1.78. The monoisotopic (exact) mass is 172 g/mol. The van der Waals surface area contributed by atoms with Crippen molar-refractivity contribution in [3.05, 3.63) is 11.1 Å². The predicted molar refractivity (Wildman–Crippen MR) is 45.4 cm³/mol. The molecule has 0 aromatic carbocycles. The van der Waals surface area contributed by atoms with Crippen LogP contribution in [0.15, 0.2) is 6.20 Å². The normalized spacial score (nSPS) is 13.3. The van der Waals surface area contributed by atoms with Gasteiger partial charge >= 0.3 is 0 Å². The first-order chi connectivity index (χ1) is 5.34. The molecule has 1 rings (SSSR count). The summed E-state index contributed by atoms with van der Waals surface area (Å²) in [5, 5.41) is 6.99. The molecule has 0 aliphatic carbocycles. The highest BCUT2D eigenvalue weighted by Gasteiger charge is 2.05. The van der Waals surface area contributed by atoms with E-state index < -0.39 is 0 Å². The van der Waals surface area contributed by atoms with Crippen molar-refractivity contribution in [1.82, 2.24) is 14.9 Å². The number of nitrogens with zero attached hydrogens (tertiary/aromatic N) is 2. The van der Waals surface area contributed by atoms with E-state index in [4.69, 9.17) is 5.73 Å². The van der Waals surface area contributed by atoms with E-state index in [1.165, 1.54) is 11.5 Å². The van der Waals surface area contributed by atoms with Crippen LogP contribution in [0, 0.1) is 0 Å². The van der Waals surface area contributed by atoms with E-state index in [9.17, 15) is 0 Å². The number of nitrogens with one attached hydrogen (secondary N) is 1. The number of rotatable bonds is 4. The van der Waals surface area contributed by atoms with Crippen molar-refractivity contribution >= 4 is 11.5 Å². The first-order valence-electron chi connectivity index (χ1n) is 3.55. The predicted octanol–water partition coefficient (Wildman–Crippen LogP) is 0.147. The summed E-state index contributed by atoms with van der Waals surface area (Å²) in [5.41, 5.74) is 5.34. The molecule has 0 spiro atoms. The fourth-order valence-corrected chi connectivity index (χ4v) is 1.29. The molecule has 0 amide bonds. The highest BCUT2D eigenvalue weighted by Crippen LogP contribution is 2.12. The van der Waals surface area contributed by atoms with Crippen LogP contribution >= 0.6 is 11.5 Å². The third-order valence-corrected chi connectivity index (χ3v) is 2.25. The Morgan fingerprint density at radius 3 is 3.18 bits per heavy atom. The molecule has 5 heteroatoms. The van der Waals surface area contributed by atoms with Gasteiger partial charge in [-0.05, 0) is 18.5 Å². The van der Waals surface area contributed by atoms with Crippen LogP contribution in [0.2, 0.25) is 0 Å². The minimum absolute atomic E-state index is 0.318. The van der Waals surface area contributed by atoms with Gasteiger partial charge in [0, 0.05) is 19.1 Å². The minimum atomic E-state index is 0.318. The molecule has 3 N–H and O–H groups in total. The molecular weight excluding hydrogens is 160 g/mol. The van der Waals surface area contributed by atoms with Gasteiger partial charge in [0.05, 0.1) is 11.1 Å². The largest absolute Gasteiger partial charge is 0.329 e. The average Bonchev–Trinajstić information content (AvgIpc) is 2.52. The van der Waals surface area contributed by atoms with E-state index >= 15 is 0 Å². The number of nitrogens with two attached hydrogens (primary N) is 1. The van der Waals surface area contributed by atoms with Gasteiger partial charge in [0.25, 0.3) is 0 Å². The number of hydrogen-bond acceptors (Lipinski definition) is 5. The lowest BCUT2D eigenvalue weighted by Gasteiger charge is -2.08. The van der Waals surface area contributed by atoms with E-state index in [-0.39, 0.29) is 0 Å². The molecule has 4 nitrogen and oxygen atoms in total. The van der Waals surface area contributed by atoms with Gasteiger partial charge in [0.2, 0.25) is 0 Å². The lowest BCUT2D eigenvalue weighted by atomic mass is 10.3. The van der Waals surface area contributed by atoms with E-state index in [0.717, 1.165) is 11.4 Å². The molecule has 0 radical (unpaired) electrons. The maximum absolute atomic E-state index is 5.34. The molecule has 1 atom stereocenters. The van der Waals surface area contributed by atoms with Gasteiger partial charge in [-0.3, -0.25) is 0 Å². The Kier molecular flexibility index (Phi) is 3.41. The molecule has 0 saturated heterocycles. The van der Waals surface area contributed by atoms with Gasteiger partial charge in [-0.2, -0.15) is 0 Å². The van der Waals surface area contributed by atoms with Gasteiger partial charge < -0.3 is 11.1 Å². The van der Waals surface area contributed by atoms with Crippen molar-refractivity contribution < 1.29 is 0 Å². The van der Waals surface area contributed by atoms with Crippen LogP contribution in [-0.4, -0.2) is 22.7 Å². The summed E-state index contributed by atoms with van der Waals surface area (Å²) in [6.45, 7) is 3.57. The standard InChI is InChI=1S/C6H12N4S/c1-5(8-3-2-7)6-4-9-10-11-6/h4-5,8H,2-3,7H2,1H3. The highest BCUT2D eigenvalue weighted by atomic mass is 32.1. The second kappa shape index (κ2) is 4.38. The van der Waals surface area contributed by atoms with E-state index in [0.29, 0.717) is 12.6 Å². The Morgan fingerprint density at radius 1 is 1.82 bits per heavy atom. The van der Waals surface area contributed by atoms with Crippen molar-refractivity contribution in [2.45, 2.75) is 13.0 Å². The summed E-state index contributed by atoms with van der Waals surface area (Å²) < 4.78 is 3.77. The smallest absolute Gasteiger partial charge is 0.0669 e. The van der Waals surface area contributed by atoms with Crippen LogP contribution < -0.4 is 11.1 Å². The fraction of sp³-hybridized carbons (Fsp3) is 0.667. The highest BCUT2D eigenvalue weighted by molar-refractivity contribution is 7.05. The summed E-state index contributed by atoms with van der Waals surface area (Å²) in [5.74, 6) is 0. The summed E-state index contributed by atoms with van der Waals surface area (Å²) in [4.78, 5) is 1.15. The van der Waals surface area contributed by atoms with E-state index in [1.54, 1.807) is 6.20 Å². The van der Waals surface area contributed by atoms with Crippen LogP contribution in [0.4, 0.5) is 0 Å². The molecule has 0 aliphatic heterocycles. The Hall–Kier alpha value is -0.520. The first-order valence-corrected chi connectivity index (χ1v) is 4.32. The van der Waals surface area contributed by atoms with Gasteiger partial charge in [-0.1, -0.05) is 4.49 Å². The van der Waals surface area contributed by atoms with Crippen molar-refractivity contribution in [2.75, 3.05) is 13.1 Å². The number of aromatic nitrogens is 2. The quantitative estimate of drug-likeness (QED) is 0.678. The molecule has 1 heterocycles. The summed E-state index contributed by atoms with van der Waals surface area (Å²) in [7, 11) is 0. The fourth-order valence-electron chi connectivity index (χ4n) is 0.766. The first kappa shape index (κ1) is 8.58. The third-order valence-electron chi connectivity index (χ3n) is 1.40. The molecule has 1 aromatic rings. The Balaban J connectivity index is 2.36. The van der Waals surface area contributed by atoms with Crippen molar-refractivity contribution in [1.29, 1.82) is 0 Å². The molecule has 0 aliphatic rings. The van der Waals surface area contributed by atoms with E-state index in [1.807, 2.05) is 0 Å². The molecule has 0 bridgehead atoms. The lowest BCUT2D eigenvalue weighted by molar-refractivity contribution is 0.589. The van der Waals surface area contributed by atoms with Crippen LogP contribution in [-0.2, 0) is 0 Å². The third kappa shape index (κ3) is 2.53. The molecule has 1 unspecified atom stereocenters. The zero-order valence-electron chi connectivity index (χ0n) is 6.45. The second-order valence-electron chi connectivity index (χ2n) is 2.28. The van der Waals surface area contributed by atoms with Crippen LogP contribution in [0.5, 0.6) is 0 Å². The SMILES string of the molecule is CC(NCCN)c1cnns1. The Morgan fingerprint density at radius 2 is 2.64 bits per heavy atom. The Bertz CT molecular complexity index is 186. The van der Waals surface area contributed by atoms with E-state index in [2.05, 4.69) is 21.8 Å². The maximum Gasteiger partial charge on any atom is 0.0669 e. The van der Waals surface area contributed by atoms with Crippen molar-refractivity contribution in [3.63, 3.8) is 0 Å². The topological polar surface area (TPSA) is 63.8 Å². The van der Waals surface area contributed by atoms with Crippen LogP contribution in [0.25, 0.3) is 0 Å². The molecule has 11 heavy (non-hydrogen) atoms. The Labute approximate surface area is 70.0 Å². The lowest BCUT2D eigenvalue weighted by Crippen LogP contribution is -2.24. The number of hydrogen-bond donors (Lipinski definition) is 2. The average molecular weight is 172 g/mol. The molecule has 0 fully saturated rings. The van der Waals surface area contributed by atoms with Crippen molar-refractivity contribution in [2.24, 2.45) is 5.73 Å². The zero-order chi connectivity index (χ0) is 8.10. The molecular formula is C6H12N4S. The zero-order valence-corrected chi connectivity index (χ0v) is 7.27. The second-order valence-corrected chi connectivity index (χ2v) is 3.10. The maximum atomic E-state index is 5.34. The molecule has 1 aromatic heterocycles. The minimum Gasteiger partial charge on any atom is -0.329 e. The van der Waals surface area contributed by atoms with Crippen molar-refractivity contribution in [3.8, 4) is 0 Å².